The number of halogens is 1. The molecule has 7 nitrogen and oxygen atoms in total. The Bertz CT molecular complexity index is 1400. The Morgan fingerprint density at radius 1 is 0.923 bits per heavy atom. The summed E-state index contributed by atoms with van der Waals surface area (Å²) in [6.07, 6.45) is 1.13. The van der Waals surface area contributed by atoms with Gasteiger partial charge >= 0.3 is 0 Å². The number of sulfonamides is 1. The fourth-order valence-corrected chi connectivity index (χ4v) is 5.11. The van der Waals surface area contributed by atoms with Crippen LogP contribution in [0.5, 0.6) is 0 Å². The zero-order chi connectivity index (χ0) is 28.8. The van der Waals surface area contributed by atoms with Gasteiger partial charge in [-0.15, -0.1) is 0 Å². The summed E-state index contributed by atoms with van der Waals surface area (Å²) in [4.78, 5) is 29.1. The molecule has 0 aromatic heterocycles. The van der Waals surface area contributed by atoms with Crippen LogP contribution in [0.2, 0.25) is 0 Å². The zero-order valence-corrected chi connectivity index (χ0v) is 23.8. The van der Waals surface area contributed by atoms with Crippen molar-refractivity contribution in [2.24, 2.45) is 0 Å². The predicted octanol–water partition coefficient (Wildman–Crippen LogP) is 4.45. The third-order valence-corrected chi connectivity index (χ3v) is 7.13. The molecule has 0 heterocycles. The average molecular weight is 554 g/mol. The smallest absolute Gasteiger partial charge is 0.244 e. The van der Waals surface area contributed by atoms with Crippen molar-refractivity contribution >= 4 is 27.5 Å². The number of aryl methyl sites for hydroxylation is 1. The van der Waals surface area contributed by atoms with Crippen LogP contribution >= 0.6 is 0 Å². The molecule has 0 saturated heterocycles. The van der Waals surface area contributed by atoms with Crippen LogP contribution in [0.1, 0.15) is 37.5 Å². The molecule has 0 radical (unpaired) electrons. The van der Waals surface area contributed by atoms with Gasteiger partial charge in [0.2, 0.25) is 21.8 Å². The monoisotopic (exact) mass is 553 g/mol. The maximum Gasteiger partial charge on any atom is 0.244 e. The lowest BCUT2D eigenvalue weighted by molar-refractivity contribution is -0.140. The molecule has 9 heteroatoms. The van der Waals surface area contributed by atoms with E-state index in [1.165, 1.54) is 23.1 Å². The third kappa shape index (κ3) is 8.64. The second kappa shape index (κ2) is 12.4. The van der Waals surface area contributed by atoms with Gasteiger partial charge in [0.1, 0.15) is 18.4 Å². The van der Waals surface area contributed by atoms with Crippen LogP contribution in [0.15, 0.2) is 78.9 Å². The standard InChI is InChI=1S/C30H36FN3O4S/c1-22-12-11-15-24(18-22)20-33(27(29(36)32-30(2,3)4)19-23-13-7-6-8-14-23)28(35)21-34(39(5,37)38)26-17-10-9-16-25(26)31/h6-18,27H,19-21H2,1-5H3,(H,32,36). The van der Waals surface area contributed by atoms with E-state index in [0.29, 0.717) is 0 Å². The summed E-state index contributed by atoms with van der Waals surface area (Å²) in [5.41, 5.74) is 1.78. The molecular formula is C30H36FN3O4S. The fraction of sp³-hybridized carbons (Fsp3) is 0.333. The van der Waals surface area contributed by atoms with Crippen molar-refractivity contribution in [3.05, 3.63) is 101 Å². The summed E-state index contributed by atoms with van der Waals surface area (Å²) < 4.78 is 40.9. The first-order valence-corrected chi connectivity index (χ1v) is 14.5. The van der Waals surface area contributed by atoms with E-state index in [0.717, 1.165) is 33.3 Å². The number of amides is 2. The molecule has 0 aliphatic heterocycles. The summed E-state index contributed by atoms with van der Waals surface area (Å²) in [5.74, 6) is -1.77. The van der Waals surface area contributed by atoms with E-state index < -0.39 is 39.9 Å². The highest BCUT2D eigenvalue weighted by Crippen LogP contribution is 2.23. The van der Waals surface area contributed by atoms with Gasteiger partial charge in [-0.05, 0) is 51.0 Å². The molecule has 3 aromatic carbocycles. The Morgan fingerprint density at radius 3 is 2.13 bits per heavy atom. The van der Waals surface area contributed by atoms with E-state index in [-0.39, 0.29) is 24.6 Å². The second-order valence-electron chi connectivity index (χ2n) is 10.7. The minimum absolute atomic E-state index is 0.0600. The van der Waals surface area contributed by atoms with Gasteiger partial charge in [0, 0.05) is 18.5 Å². The van der Waals surface area contributed by atoms with Crippen molar-refractivity contribution in [2.75, 3.05) is 17.1 Å². The normalized spacial score (nSPS) is 12.5. The number of anilines is 1. The first-order valence-electron chi connectivity index (χ1n) is 12.7. The minimum Gasteiger partial charge on any atom is -0.350 e. The summed E-state index contributed by atoms with van der Waals surface area (Å²) in [6.45, 7) is 6.86. The summed E-state index contributed by atoms with van der Waals surface area (Å²) in [5, 5.41) is 2.97. The first kappa shape index (κ1) is 29.8. The zero-order valence-electron chi connectivity index (χ0n) is 23.0. The highest BCUT2D eigenvalue weighted by molar-refractivity contribution is 7.92. The van der Waals surface area contributed by atoms with Crippen molar-refractivity contribution in [2.45, 2.75) is 52.2 Å². The average Bonchev–Trinajstić information content (AvgIpc) is 2.84. The van der Waals surface area contributed by atoms with Crippen molar-refractivity contribution < 1.29 is 22.4 Å². The van der Waals surface area contributed by atoms with Crippen molar-refractivity contribution in [1.29, 1.82) is 0 Å². The molecule has 2 amide bonds. The number of para-hydroxylation sites is 1. The van der Waals surface area contributed by atoms with E-state index in [2.05, 4.69) is 5.32 Å². The molecule has 1 atom stereocenters. The minimum atomic E-state index is -4.04. The Kier molecular flexibility index (Phi) is 9.50. The number of rotatable bonds is 10. The van der Waals surface area contributed by atoms with E-state index in [9.17, 15) is 22.4 Å². The highest BCUT2D eigenvalue weighted by Gasteiger charge is 2.34. The number of nitrogens with zero attached hydrogens (tertiary/aromatic N) is 2. The van der Waals surface area contributed by atoms with Crippen LogP contribution in [-0.4, -0.2) is 49.5 Å². The Morgan fingerprint density at radius 2 is 1.54 bits per heavy atom. The lowest BCUT2D eigenvalue weighted by Crippen LogP contribution is -2.56. The van der Waals surface area contributed by atoms with Crippen molar-refractivity contribution in [1.82, 2.24) is 10.2 Å². The number of hydrogen-bond donors (Lipinski definition) is 1. The van der Waals surface area contributed by atoms with Crippen LogP contribution in [-0.2, 0) is 32.6 Å². The molecule has 208 valence electrons. The number of carbonyl (C=O) groups is 2. The summed E-state index contributed by atoms with van der Waals surface area (Å²) >= 11 is 0. The van der Waals surface area contributed by atoms with Crippen molar-refractivity contribution in [3.63, 3.8) is 0 Å². The van der Waals surface area contributed by atoms with Gasteiger partial charge in [-0.2, -0.15) is 0 Å². The van der Waals surface area contributed by atoms with Crippen molar-refractivity contribution in [3.8, 4) is 0 Å². The van der Waals surface area contributed by atoms with Crippen LogP contribution in [0.3, 0.4) is 0 Å². The van der Waals surface area contributed by atoms with Gasteiger partial charge in [0.25, 0.3) is 0 Å². The molecule has 0 aliphatic rings. The topological polar surface area (TPSA) is 86.8 Å². The molecule has 0 spiro atoms. The molecule has 0 bridgehead atoms. The van der Waals surface area contributed by atoms with Gasteiger partial charge in [-0.3, -0.25) is 13.9 Å². The Balaban J connectivity index is 2.09. The lowest BCUT2D eigenvalue weighted by Gasteiger charge is -2.35. The Labute approximate surface area is 230 Å². The van der Waals surface area contributed by atoms with E-state index >= 15 is 0 Å². The highest BCUT2D eigenvalue weighted by atomic mass is 32.2. The predicted molar refractivity (Wildman–Crippen MR) is 152 cm³/mol. The first-order chi connectivity index (χ1) is 18.2. The molecule has 0 aliphatic carbocycles. The van der Waals surface area contributed by atoms with E-state index in [1.54, 1.807) is 0 Å². The van der Waals surface area contributed by atoms with Gasteiger partial charge in [0.05, 0.1) is 11.9 Å². The molecular weight excluding hydrogens is 517 g/mol. The molecule has 39 heavy (non-hydrogen) atoms. The molecule has 1 N–H and O–H groups in total. The van der Waals surface area contributed by atoms with Crippen LogP contribution in [0, 0.1) is 12.7 Å². The number of carbonyl (C=O) groups excluding carboxylic acids is 2. The van der Waals surface area contributed by atoms with Crippen LogP contribution in [0.4, 0.5) is 10.1 Å². The second-order valence-corrected chi connectivity index (χ2v) is 12.6. The number of benzene rings is 3. The molecule has 3 aromatic rings. The largest absolute Gasteiger partial charge is 0.350 e. The lowest BCUT2D eigenvalue weighted by atomic mass is 10.0. The van der Waals surface area contributed by atoms with Crippen LogP contribution < -0.4 is 9.62 Å². The maximum atomic E-state index is 14.7. The van der Waals surface area contributed by atoms with Gasteiger partial charge in [-0.1, -0.05) is 72.3 Å². The Hall–Kier alpha value is -3.72. The quantitative estimate of drug-likeness (QED) is 0.402. The SMILES string of the molecule is Cc1cccc(CN(C(=O)CN(c2ccccc2F)S(C)(=O)=O)C(Cc2ccccc2)C(=O)NC(C)(C)C)c1. The maximum absolute atomic E-state index is 14.7. The number of nitrogens with one attached hydrogen (secondary N) is 1. The third-order valence-electron chi connectivity index (χ3n) is 6.01. The summed E-state index contributed by atoms with van der Waals surface area (Å²) in [6, 6.07) is 21.3. The van der Waals surface area contributed by atoms with E-state index in [4.69, 9.17) is 0 Å². The molecule has 0 fully saturated rings. The molecule has 3 rings (SSSR count). The van der Waals surface area contributed by atoms with Gasteiger partial charge in [-0.25, -0.2) is 12.8 Å². The number of hydrogen-bond acceptors (Lipinski definition) is 4. The van der Waals surface area contributed by atoms with Gasteiger partial charge < -0.3 is 10.2 Å². The summed E-state index contributed by atoms with van der Waals surface area (Å²) in [7, 11) is -4.04. The molecule has 0 saturated carbocycles. The molecule has 1 unspecified atom stereocenters. The van der Waals surface area contributed by atoms with E-state index in [1.807, 2.05) is 82.3 Å². The fourth-order valence-electron chi connectivity index (χ4n) is 4.26. The van der Waals surface area contributed by atoms with Crippen LogP contribution in [0.25, 0.3) is 0 Å². The van der Waals surface area contributed by atoms with Gasteiger partial charge in [0.15, 0.2) is 0 Å².